The molecule has 0 bridgehead atoms. The van der Waals surface area contributed by atoms with E-state index in [1.807, 2.05) is 25.4 Å². The predicted octanol–water partition coefficient (Wildman–Crippen LogP) is 4.92. The molecule has 0 saturated carbocycles. The number of anilines is 2. The Balaban J connectivity index is 1.37. The molecule has 4 aromatic rings. The lowest BCUT2D eigenvalue weighted by Gasteiger charge is -2.29. The number of halogens is 3. The molecular weight excluding hydrogens is 481 g/mol. The zero-order chi connectivity index (χ0) is 26.0. The number of hydrogen-bond acceptors (Lipinski definition) is 5. The van der Waals surface area contributed by atoms with Gasteiger partial charge < -0.3 is 15.5 Å². The van der Waals surface area contributed by atoms with E-state index in [2.05, 4.69) is 31.7 Å². The van der Waals surface area contributed by atoms with Crippen LogP contribution in [-0.4, -0.2) is 46.9 Å². The van der Waals surface area contributed by atoms with Gasteiger partial charge >= 0.3 is 6.18 Å². The molecule has 1 fully saturated rings. The third-order valence-electron chi connectivity index (χ3n) is 6.29. The standard InChI is InChI=1S/C27H25F3N6O/c1-18-5-6-23(34-26(37)19-3-2-4-22(11-19)27(28,29)30)13-25(18)36-17-21(15-33-36)20-12-24(16-32-14-20)35-9-7-31-8-10-35/h2-6,11-17,31H,7-10H2,1H3,(H,34,37). The van der Waals surface area contributed by atoms with Gasteiger partial charge in [0.15, 0.2) is 0 Å². The van der Waals surface area contributed by atoms with Gasteiger partial charge in [0, 0.05) is 61.0 Å². The molecule has 2 N–H and O–H groups in total. The number of aryl methyl sites for hydroxylation is 1. The maximum absolute atomic E-state index is 13.0. The van der Waals surface area contributed by atoms with Gasteiger partial charge in [-0.25, -0.2) is 4.68 Å². The van der Waals surface area contributed by atoms with Crippen molar-refractivity contribution in [1.82, 2.24) is 20.1 Å². The highest BCUT2D eigenvalue weighted by Crippen LogP contribution is 2.30. The molecule has 0 radical (unpaired) electrons. The largest absolute Gasteiger partial charge is 0.416 e. The topological polar surface area (TPSA) is 75.1 Å². The van der Waals surface area contributed by atoms with E-state index in [9.17, 15) is 18.0 Å². The van der Waals surface area contributed by atoms with Crippen molar-refractivity contribution in [3.05, 3.63) is 90.0 Å². The van der Waals surface area contributed by atoms with E-state index in [1.54, 1.807) is 29.2 Å². The molecule has 0 atom stereocenters. The van der Waals surface area contributed by atoms with Crippen molar-refractivity contribution in [2.45, 2.75) is 13.1 Å². The van der Waals surface area contributed by atoms with Crippen LogP contribution in [0.25, 0.3) is 16.8 Å². The van der Waals surface area contributed by atoms with Crippen LogP contribution in [0.4, 0.5) is 24.5 Å². The Morgan fingerprint density at radius 2 is 1.81 bits per heavy atom. The van der Waals surface area contributed by atoms with Gasteiger partial charge in [0.1, 0.15) is 0 Å². The Labute approximate surface area is 211 Å². The second kappa shape index (κ2) is 10.1. The fraction of sp³-hybridized carbons (Fsp3) is 0.222. The quantitative estimate of drug-likeness (QED) is 0.402. The van der Waals surface area contributed by atoms with E-state index in [0.29, 0.717) is 5.69 Å². The number of pyridine rings is 1. The molecule has 3 heterocycles. The molecule has 2 aromatic heterocycles. The van der Waals surface area contributed by atoms with Crippen LogP contribution in [0, 0.1) is 6.92 Å². The van der Waals surface area contributed by atoms with E-state index in [4.69, 9.17) is 0 Å². The number of alkyl halides is 3. The molecule has 190 valence electrons. The van der Waals surface area contributed by atoms with Gasteiger partial charge in [-0.3, -0.25) is 9.78 Å². The SMILES string of the molecule is Cc1ccc(NC(=O)c2cccc(C(F)(F)F)c2)cc1-n1cc(-c2cncc(N3CCNCC3)c2)cn1. The number of piperazine rings is 1. The van der Waals surface area contributed by atoms with Crippen molar-refractivity contribution in [2.75, 3.05) is 36.4 Å². The highest BCUT2D eigenvalue weighted by molar-refractivity contribution is 6.04. The number of carbonyl (C=O) groups is 1. The predicted molar refractivity (Wildman–Crippen MR) is 136 cm³/mol. The van der Waals surface area contributed by atoms with Gasteiger partial charge in [0.05, 0.1) is 29.3 Å². The summed E-state index contributed by atoms with van der Waals surface area (Å²) >= 11 is 0. The molecule has 2 aromatic carbocycles. The van der Waals surface area contributed by atoms with Crippen molar-refractivity contribution in [2.24, 2.45) is 0 Å². The number of aromatic nitrogens is 3. The van der Waals surface area contributed by atoms with E-state index >= 15 is 0 Å². The second-order valence-corrected chi connectivity index (χ2v) is 8.88. The van der Waals surface area contributed by atoms with Crippen LogP contribution < -0.4 is 15.5 Å². The number of nitrogens with zero attached hydrogens (tertiary/aromatic N) is 4. The molecule has 0 unspecified atom stereocenters. The molecule has 0 spiro atoms. The van der Waals surface area contributed by atoms with Crippen LogP contribution in [0.5, 0.6) is 0 Å². The van der Waals surface area contributed by atoms with Crippen molar-refractivity contribution in [3.63, 3.8) is 0 Å². The molecule has 1 aliphatic heterocycles. The first kappa shape index (κ1) is 24.5. The fourth-order valence-corrected chi connectivity index (χ4v) is 4.26. The minimum Gasteiger partial charge on any atom is -0.368 e. The monoisotopic (exact) mass is 506 g/mol. The first-order valence-electron chi connectivity index (χ1n) is 11.8. The first-order chi connectivity index (χ1) is 17.8. The number of amides is 1. The number of benzene rings is 2. The van der Waals surface area contributed by atoms with Crippen molar-refractivity contribution in [1.29, 1.82) is 0 Å². The Bertz CT molecular complexity index is 1430. The van der Waals surface area contributed by atoms with Gasteiger partial charge in [-0.1, -0.05) is 12.1 Å². The van der Waals surface area contributed by atoms with Crippen LogP contribution in [-0.2, 0) is 6.18 Å². The summed E-state index contributed by atoms with van der Waals surface area (Å²) in [5.41, 5.74) is 4.04. The van der Waals surface area contributed by atoms with Crippen molar-refractivity contribution < 1.29 is 18.0 Å². The minimum atomic E-state index is -4.52. The summed E-state index contributed by atoms with van der Waals surface area (Å²) in [4.78, 5) is 19.4. The zero-order valence-electron chi connectivity index (χ0n) is 20.1. The summed E-state index contributed by atoms with van der Waals surface area (Å²) in [6, 6.07) is 11.7. The Hall–Kier alpha value is -4.18. The minimum absolute atomic E-state index is 0.0739. The third-order valence-corrected chi connectivity index (χ3v) is 6.29. The highest BCUT2D eigenvalue weighted by Gasteiger charge is 2.31. The third kappa shape index (κ3) is 5.49. The van der Waals surface area contributed by atoms with Gasteiger partial charge in [0.25, 0.3) is 5.91 Å². The maximum atomic E-state index is 13.0. The summed E-state index contributed by atoms with van der Waals surface area (Å²) in [5, 5.41) is 10.5. The molecule has 10 heteroatoms. The number of hydrogen-bond donors (Lipinski definition) is 2. The summed E-state index contributed by atoms with van der Waals surface area (Å²) < 4.78 is 40.8. The van der Waals surface area contributed by atoms with E-state index in [0.717, 1.165) is 66.4 Å². The number of nitrogens with one attached hydrogen (secondary N) is 2. The van der Waals surface area contributed by atoms with Crippen LogP contribution in [0.1, 0.15) is 21.5 Å². The molecule has 1 saturated heterocycles. The Kier molecular flexibility index (Phi) is 6.66. The molecule has 37 heavy (non-hydrogen) atoms. The van der Waals surface area contributed by atoms with E-state index in [1.165, 1.54) is 12.1 Å². The normalized spacial score (nSPS) is 14.0. The summed E-state index contributed by atoms with van der Waals surface area (Å²) in [6.07, 6.45) is 2.78. The Morgan fingerprint density at radius 3 is 2.59 bits per heavy atom. The average molecular weight is 507 g/mol. The van der Waals surface area contributed by atoms with E-state index < -0.39 is 17.6 Å². The van der Waals surface area contributed by atoms with E-state index in [-0.39, 0.29) is 5.56 Å². The Morgan fingerprint density at radius 1 is 1.00 bits per heavy atom. The number of rotatable bonds is 5. The van der Waals surface area contributed by atoms with Crippen molar-refractivity contribution in [3.8, 4) is 16.8 Å². The lowest BCUT2D eigenvalue weighted by Crippen LogP contribution is -2.43. The molecule has 1 amide bonds. The molecular formula is C27H25F3N6O. The smallest absolute Gasteiger partial charge is 0.368 e. The molecule has 1 aliphatic rings. The summed E-state index contributed by atoms with van der Waals surface area (Å²) in [7, 11) is 0. The van der Waals surface area contributed by atoms with Crippen molar-refractivity contribution >= 4 is 17.3 Å². The van der Waals surface area contributed by atoms with Gasteiger partial charge in [0.2, 0.25) is 0 Å². The maximum Gasteiger partial charge on any atom is 0.416 e. The lowest BCUT2D eigenvalue weighted by atomic mass is 10.1. The average Bonchev–Trinajstić information content (AvgIpc) is 3.40. The zero-order valence-corrected chi connectivity index (χ0v) is 20.1. The van der Waals surface area contributed by atoms with Gasteiger partial charge in [-0.05, 0) is 48.9 Å². The molecule has 5 rings (SSSR count). The van der Waals surface area contributed by atoms with Crippen LogP contribution in [0.2, 0.25) is 0 Å². The molecule has 0 aliphatic carbocycles. The fourth-order valence-electron chi connectivity index (χ4n) is 4.26. The first-order valence-corrected chi connectivity index (χ1v) is 11.8. The van der Waals surface area contributed by atoms with Gasteiger partial charge in [-0.15, -0.1) is 0 Å². The summed E-state index contributed by atoms with van der Waals surface area (Å²) in [5.74, 6) is -0.627. The van der Waals surface area contributed by atoms with Crippen LogP contribution >= 0.6 is 0 Å². The highest BCUT2D eigenvalue weighted by atomic mass is 19.4. The lowest BCUT2D eigenvalue weighted by molar-refractivity contribution is -0.137. The van der Waals surface area contributed by atoms with Crippen LogP contribution in [0.3, 0.4) is 0 Å². The molecule has 7 nitrogen and oxygen atoms in total. The summed E-state index contributed by atoms with van der Waals surface area (Å²) in [6.45, 7) is 5.62. The van der Waals surface area contributed by atoms with Gasteiger partial charge in [-0.2, -0.15) is 18.3 Å². The number of carbonyl (C=O) groups excluding carboxylic acids is 1. The second-order valence-electron chi connectivity index (χ2n) is 8.88. The van der Waals surface area contributed by atoms with Crippen LogP contribution in [0.15, 0.2) is 73.3 Å².